The summed E-state index contributed by atoms with van der Waals surface area (Å²) < 4.78 is 100. The maximum atomic E-state index is 14.6. The normalized spacial score (nSPS) is 22.3. The van der Waals surface area contributed by atoms with E-state index in [2.05, 4.69) is 15.3 Å². The van der Waals surface area contributed by atoms with Gasteiger partial charge in [-0.1, -0.05) is 0 Å². The largest absolute Gasteiger partial charge is 0.495 e. The molecule has 0 fully saturated rings. The van der Waals surface area contributed by atoms with E-state index < -0.39 is 56.5 Å². The summed E-state index contributed by atoms with van der Waals surface area (Å²) in [5, 5.41) is 2.36. The number of methoxy groups -OCH3 is 2. The van der Waals surface area contributed by atoms with Crippen LogP contribution >= 0.6 is 0 Å². The molecule has 0 saturated heterocycles. The Bertz CT molecular complexity index is 1200. The molecule has 31 heavy (non-hydrogen) atoms. The summed E-state index contributed by atoms with van der Waals surface area (Å²) >= 11 is 0. The minimum atomic E-state index is -3.21. The summed E-state index contributed by atoms with van der Waals surface area (Å²) in [4.78, 5) is 20.5. The van der Waals surface area contributed by atoms with Gasteiger partial charge in [-0.25, -0.2) is 18.2 Å². The number of alkyl halides is 2. The number of aliphatic imine (C=N–C) groups is 1. The first-order valence-corrected chi connectivity index (χ1v) is 8.73. The molecular formula is C20H21F3N4O4. The average molecular weight is 444 g/mol. The molecule has 1 aromatic heterocycles. The smallest absolute Gasteiger partial charge is 0.274 e. The molecule has 3 N–H and O–H groups in total. The minimum absolute atomic E-state index is 0.131. The maximum absolute atomic E-state index is 14.6. The summed E-state index contributed by atoms with van der Waals surface area (Å²) in [7, 11) is -5.71. The van der Waals surface area contributed by atoms with Crippen molar-refractivity contribution in [2.24, 2.45) is 10.7 Å². The molecule has 0 saturated carbocycles. The third-order valence-corrected chi connectivity index (χ3v) is 4.47. The fraction of sp³-hybridized carbons (Fsp3) is 0.350. The number of nitrogens with two attached hydrogens (primary N) is 1. The van der Waals surface area contributed by atoms with Crippen LogP contribution in [0.3, 0.4) is 0 Å². The Morgan fingerprint density at radius 3 is 2.97 bits per heavy atom. The fourth-order valence-electron chi connectivity index (χ4n) is 3.06. The third-order valence-electron chi connectivity index (χ3n) is 4.47. The van der Waals surface area contributed by atoms with Gasteiger partial charge < -0.3 is 25.3 Å². The van der Waals surface area contributed by atoms with Crippen molar-refractivity contribution in [1.29, 1.82) is 0 Å². The quantitative estimate of drug-likeness (QED) is 0.679. The van der Waals surface area contributed by atoms with E-state index >= 15 is 0 Å². The molecule has 1 amide bonds. The number of carbonyl (C=O) groups excluding carboxylic acids is 1. The fourth-order valence-corrected chi connectivity index (χ4v) is 3.06. The Labute approximate surface area is 184 Å². The van der Waals surface area contributed by atoms with Crippen LogP contribution in [-0.4, -0.2) is 50.4 Å². The molecule has 1 aliphatic heterocycles. The number of rotatable bonds is 7. The monoisotopic (exact) mass is 444 g/mol. The standard InChI is InChI=1S/C20H21F3N4O4/c1-29-8-11-5-13(30-2)7-25-17(11)18(28)26-12-3-4-15(21)14(6-12)20(19(22)23)10-31-9-16(24)27-20/h3-7,19H,8-10H2,1-2H3,(H2,24,27)(H,26,28)/t20-/m0/s1/i1D3,2D3. The summed E-state index contributed by atoms with van der Waals surface area (Å²) in [6.45, 7) is -1.55. The molecule has 1 aliphatic rings. The molecule has 8 nitrogen and oxygen atoms in total. The van der Waals surface area contributed by atoms with E-state index in [-0.39, 0.29) is 35.1 Å². The van der Waals surface area contributed by atoms with Crippen molar-refractivity contribution in [2.45, 2.75) is 18.6 Å². The van der Waals surface area contributed by atoms with E-state index in [9.17, 15) is 18.0 Å². The Balaban J connectivity index is 1.95. The van der Waals surface area contributed by atoms with Crippen LogP contribution in [0.25, 0.3) is 0 Å². The minimum Gasteiger partial charge on any atom is -0.495 e. The number of carbonyl (C=O) groups is 1. The second kappa shape index (κ2) is 9.31. The number of halogens is 3. The van der Waals surface area contributed by atoms with Gasteiger partial charge in [-0.3, -0.25) is 9.79 Å². The highest BCUT2D eigenvalue weighted by Gasteiger charge is 2.46. The second-order valence-electron chi connectivity index (χ2n) is 6.54. The van der Waals surface area contributed by atoms with Gasteiger partial charge in [0.15, 0.2) is 5.54 Å². The first-order valence-electron chi connectivity index (χ1n) is 11.7. The number of pyridine rings is 1. The number of hydrogen-bond donors (Lipinski definition) is 2. The Kier molecular flexibility index (Phi) is 4.68. The van der Waals surface area contributed by atoms with Gasteiger partial charge in [0, 0.05) is 23.9 Å². The molecular weight excluding hydrogens is 417 g/mol. The number of nitrogens with one attached hydrogen (secondary N) is 1. The van der Waals surface area contributed by atoms with E-state index in [1.807, 2.05) is 0 Å². The van der Waals surface area contributed by atoms with Crippen molar-refractivity contribution in [3.05, 3.63) is 53.1 Å². The molecule has 0 spiro atoms. The predicted octanol–water partition coefficient (Wildman–Crippen LogP) is 2.48. The van der Waals surface area contributed by atoms with Crippen molar-refractivity contribution in [1.82, 2.24) is 4.98 Å². The van der Waals surface area contributed by atoms with Crippen molar-refractivity contribution >= 4 is 17.4 Å². The number of hydrogen-bond acceptors (Lipinski definition) is 7. The summed E-state index contributed by atoms with van der Waals surface area (Å²) in [5.74, 6) is -2.56. The summed E-state index contributed by atoms with van der Waals surface area (Å²) in [5.41, 5.74) is 1.85. The van der Waals surface area contributed by atoms with Crippen LogP contribution < -0.4 is 15.8 Å². The zero-order valence-electron chi connectivity index (χ0n) is 21.8. The molecule has 1 atom stereocenters. The molecule has 2 heterocycles. The van der Waals surface area contributed by atoms with Gasteiger partial charge in [0.2, 0.25) is 0 Å². The molecule has 1 aromatic carbocycles. The number of nitrogens with zero attached hydrogens (tertiary/aromatic N) is 2. The van der Waals surface area contributed by atoms with Gasteiger partial charge in [-0.2, -0.15) is 0 Å². The van der Waals surface area contributed by atoms with Crippen LogP contribution in [0.5, 0.6) is 5.75 Å². The SMILES string of the molecule is [2H]C([2H])([2H])OCc1cc(OC([2H])([2H])[2H])cnc1C(=O)Nc1ccc(F)c([C@]2(C(F)F)COCC(N)=N2)c1. The molecule has 0 unspecified atom stereocenters. The summed E-state index contributed by atoms with van der Waals surface area (Å²) in [6, 6.07) is 3.93. The molecule has 2 aromatic rings. The number of anilines is 1. The first-order chi connectivity index (χ1) is 17.1. The molecule has 166 valence electrons. The van der Waals surface area contributed by atoms with Crippen molar-refractivity contribution in [3.8, 4) is 5.75 Å². The number of ether oxygens (including phenoxy) is 3. The number of amidine groups is 1. The van der Waals surface area contributed by atoms with Crippen molar-refractivity contribution < 1.29 is 40.4 Å². The zero-order valence-corrected chi connectivity index (χ0v) is 15.8. The first kappa shape index (κ1) is 15.6. The maximum Gasteiger partial charge on any atom is 0.274 e. The van der Waals surface area contributed by atoms with E-state index in [1.54, 1.807) is 0 Å². The van der Waals surface area contributed by atoms with E-state index in [4.69, 9.17) is 28.2 Å². The van der Waals surface area contributed by atoms with Gasteiger partial charge in [0.1, 0.15) is 29.7 Å². The summed E-state index contributed by atoms with van der Waals surface area (Å²) in [6.07, 6.45) is -2.29. The number of aromatic nitrogens is 1. The van der Waals surface area contributed by atoms with Crippen LogP contribution in [0, 0.1) is 5.82 Å². The molecule has 0 aliphatic carbocycles. The van der Waals surface area contributed by atoms with Crippen LogP contribution in [0.2, 0.25) is 0 Å². The van der Waals surface area contributed by atoms with E-state index in [1.165, 1.54) is 0 Å². The lowest BCUT2D eigenvalue weighted by atomic mass is 9.90. The number of amides is 1. The number of benzene rings is 1. The van der Waals surface area contributed by atoms with Crippen LogP contribution in [0.15, 0.2) is 35.5 Å². The lowest BCUT2D eigenvalue weighted by molar-refractivity contribution is -0.0145. The second-order valence-corrected chi connectivity index (χ2v) is 6.54. The lowest BCUT2D eigenvalue weighted by Gasteiger charge is -2.33. The van der Waals surface area contributed by atoms with Crippen LogP contribution in [0.4, 0.5) is 18.9 Å². The van der Waals surface area contributed by atoms with Gasteiger partial charge in [0.05, 0.1) is 34.7 Å². The van der Waals surface area contributed by atoms with Gasteiger partial charge in [0.25, 0.3) is 12.3 Å². The van der Waals surface area contributed by atoms with Gasteiger partial charge in [-0.15, -0.1) is 0 Å². The molecule has 3 rings (SSSR count). The van der Waals surface area contributed by atoms with Gasteiger partial charge in [-0.05, 0) is 24.3 Å². The Hall–Kier alpha value is -3.18. The highest BCUT2D eigenvalue weighted by molar-refractivity contribution is 6.04. The highest BCUT2D eigenvalue weighted by Crippen LogP contribution is 2.38. The molecule has 0 bridgehead atoms. The van der Waals surface area contributed by atoms with Gasteiger partial charge >= 0.3 is 0 Å². The van der Waals surface area contributed by atoms with E-state index in [0.717, 1.165) is 30.5 Å². The third kappa shape index (κ3) is 4.62. The topological polar surface area (TPSA) is 108 Å². The van der Waals surface area contributed by atoms with Crippen molar-refractivity contribution in [3.63, 3.8) is 0 Å². The Morgan fingerprint density at radius 1 is 1.42 bits per heavy atom. The van der Waals surface area contributed by atoms with Crippen molar-refractivity contribution in [2.75, 3.05) is 32.6 Å². The van der Waals surface area contributed by atoms with Crippen LogP contribution in [-0.2, 0) is 21.6 Å². The zero-order chi connectivity index (χ0) is 27.6. The lowest BCUT2D eigenvalue weighted by Crippen LogP contribution is -2.45. The average Bonchev–Trinajstić information content (AvgIpc) is 2.77. The predicted molar refractivity (Wildman–Crippen MR) is 106 cm³/mol. The highest BCUT2D eigenvalue weighted by atomic mass is 19.3. The van der Waals surface area contributed by atoms with Crippen LogP contribution in [0.1, 0.15) is 29.8 Å². The molecule has 0 radical (unpaired) electrons. The Morgan fingerprint density at radius 2 is 2.26 bits per heavy atom. The molecule has 11 heteroatoms. The van der Waals surface area contributed by atoms with E-state index in [0.29, 0.717) is 0 Å².